The quantitative estimate of drug-likeness (QED) is 0.388. The van der Waals surface area contributed by atoms with Crippen LogP contribution in [-0.2, 0) is 6.54 Å². The van der Waals surface area contributed by atoms with Gasteiger partial charge in [0, 0.05) is 24.8 Å². The zero-order valence-corrected chi connectivity index (χ0v) is 11.7. The van der Waals surface area contributed by atoms with Crippen LogP contribution in [0.1, 0.15) is 16.7 Å². The number of hydrogen-bond donors (Lipinski definition) is 2. The molecular weight excluding hydrogens is 250 g/mol. The highest BCUT2D eigenvalue weighted by molar-refractivity contribution is 5.96. The third kappa shape index (κ3) is 3.09. The van der Waals surface area contributed by atoms with E-state index in [0.29, 0.717) is 0 Å². The Morgan fingerprint density at radius 2 is 1.80 bits per heavy atom. The summed E-state index contributed by atoms with van der Waals surface area (Å²) in [5.41, 5.74) is 9.90. The SMILES string of the molecule is Cc1ccccc1N(C)Cc1ccc(C(N)=NO)cc1. The molecule has 0 amide bonds. The first-order chi connectivity index (χ1) is 9.61. The number of oxime groups is 1. The summed E-state index contributed by atoms with van der Waals surface area (Å²) in [5.74, 6) is 0.129. The summed E-state index contributed by atoms with van der Waals surface area (Å²) in [6.45, 7) is 2.91. The van der Waals surface area contributed by atoms with Gasteiger partial charge >= 0.3 is 0 Å². The minimum Gasteiger partial charge on any atom is -0.409 e. The van der Waals surface area contributed by atoms with Crippen LogP contribution in [0.5, 0.6) is 0 Å². The summed E-state index contributed by atoms with van der Waals surface area (Å²) in [4.78, 5) is 2.20. The minimum absolute atomic E-state index is 0.129. The van der Waals surface area contributed by atoms with Crippen molar-refractivity contribution in [3.05, 3.63) is 65.2 Å². The Hall–Kier alpha value is -2.49. The van der Waals surface area contributed by atoms with Gasteiger partial charge in [-0.15, -0.1) is 0 Å². The molecule has 4 nitrogen and oxygen atoms in total. The van der Waals surface area contributed by atoms with Crippen molar-refractivity contribution in [2.24, 2.45) is 10.9 Å². The summed E-state index contributed by atoms with van der Waals surface area (Å²) in [7, 11) is 2.07. The van der Waals surface area contributed by atoms with E-state index in [1.165, 1.54) is 16.8 Å². The molecule has 104 valence electrons. The van der Waals surface area contributed by atoms with Crippen LogP contribution in [0.4, 0.5) is 5.69 Å². The van der Waals surface area contributed by atoms with Crippen molar-refractivity contribution in [2.75, 3.05) is 11.9 Å². The third-order valence-corrected chi connectivity index (χ3v) is 3.30. The molecule has 0 aliphatic carbocycles. The first-order valence-corrected chi connectivity index (χ1v) is 6.45. The van der Waals surface area contributed by atoms with Crippen molar-refractivity contribution >= 4 is 11.5 Å². The van der Waals surface area contributed by atoms with Gasteiger partial charge in [0.25, 0.3) is 0 Å². The average Bonchev–Trinajstić information content (AvgIpc) is 2.47. The van der Waals surface area contributed by atoms with E-state index in [2.05, 4.69) is 36.2 Å². The zero-order chi connectivity index (χ0) is 14.5. The summed E-state index contributed by atoms with van der Waals surface area (Å²) >= 11 is 0. The van der Waals surface area contributed by atoms with Crippen LogP contribution < -0.4 is 10.6 Å². The Morgan fingerprint density at radius 1 is 1.15 bits per heavy atom. The maximum atomic E-state index is 8.64. The Labute approximate surface area is 119 Å². The number of hydrogen-bond acceptors (Lipinski definition) is 3. The molecule has 2 aromatic rings. The molecule has 0 aliphatic rings. The molecule has 0 spiro atoms. The lowest BCUT2D eigenvalue weighted by Gasteiger charge is -2.21. The van der Waals surface area contributed by atoms with Gasteiger partial charge in [0.2, 0.25) is 0 Å². The van der Waals surface area contributed by atoms with E-state index in [9.17, 15) is 0 Å². The number of nitrogens with zero attached hydrogens (tertiary/aromatic N) is 2. The minimum atomic E-state index is 0.129. The molecule has 3 N–H and O–H groups in total. The molecule has 0 aliphatic heterocycles. The number of nitrogens with two attached hydrogens (primary N) is 1. The van der Waals surface area contributed by atoms with Crippen LogP contribution in [0.3, 0.4) is 0 Å². The fourth-order valence-electron chi connectivity index (χ4n) is 2.19. The van der Waals surface area contributed by atoms with Gasteiger partial charge in [0.1, 0.15) is 0 Å². The van der Waals surface area contributed by atoms with Crippen LogP contribution in [0.25, 0.3) is 0 Å². The first-order valence-electron chi connectivity index (χ1n) is 6.45. The molecule has 0 heterocycles. The summed E-state index contributed by atoms with van der Waals surface area (Å²) in [6.07, 6.45) is 0. The van der Waals surface area contributed by atoms with E-state index in [0.717, 1.165) is 12.1 Å². The van der Waals surface area contributed by atoms with E-state index >= 15 is 0 Å². The molecule has 0 aromatic heterocycles. The highest BCUT2D eigenvalue weighted by atomic mass is 16.4. The van der Waals surface area contributed by atoms with Gasteiger partial charge in [-0.2, -0.15) is 0 Å². The second-order valence-corrected chi connectivity index (χ2v) is 4.82. The Balaban J connectivity index is 2.12. The molecule has 4 heteroatoms. The van der Waals surface area contributed by atoms with Crippen LogP contribution in [0.2, 0.25) is 0 Å². The van der Waals surface area contributed by atoms with E-state index in [1.807, 2.05) is 36.4 Å². The van der Waals surface area contributed by atoms with Crippen molar-refractivity contribution in [1.82, 2.24) is 0 Å². The fourth-order valence-corrected chi connectivity index (χ4v) is 2.19. The molecule has 0 atom stereocenters. The first kappa shape index (κ1) is 13.9. The molecule has 0 fully saturated rings. The Bertz CT molecular complexity index is 605. The summed E-state index contributed by atoms with van der Waals surface area (Å²) in [5, 5.41) is 11.6. The number of para-hydroxylation sites is 1. The molecular formula is C16H19N3O. The van der Waals surface area contributed by atoms with E-state index in [-0.39, 0.29) is 5.84 Å². The molecule has 0 saturated heterocycles. The average molecular weight is 269 g/mol. The second kappa shape index (κ2) is 6.10. The van der Waals surface area contributed by atoms with Crippen molar-refractivity contribution in [3.63, 3.8) is 0 Å². The molecule has 2 aromatic carbocycles. The monoisotopic (exact) mass is 269 g/mol. The van der Waals surface area contributed by atoms with Gasteiger partial charge in [-0.1, -0.05) is 47.6 Å². The fraction of sp³-hybridized carbons (Fsp3) is 0.188. The van der Waals surface area contributed by atoms with Crippen molar-refractivity contribution < 1.29 is 5.21 Å². The van der Waals surface area contributed by atoms with Crippen molar-refractivity contribution in [2.45, 2.75) is 13.5 Å². The molecule has 20 heavy (non-hydrogen) atoms. The number of benzene rings is 2. The highest BCUT2D eigenvalue weighted by Crippen LogP contribution is 2.20. The van der Waals surface area contributed by atoms with Crippen molar-refractivity contribution in [3.8, 4) is 0 Å². The standard InChI is InChI=1S/C16H19N3O/c1-12-5-3-4-6-15(12)19(2)11-13-7-9-14(10-8-13)16(17)18-20/h3-10,20H,11H2,1-2H3,(H2,17,18). The molecule has 0 radical (unpaired) electrons. The predicted octanol–water partition coefficient (Wildman–Crippen LogP) is 2.73. The van der Waals surface area contributed by atoms with Gasteiger partial charge in [0.05, 0.1) is 0 Å². The maximum Gasteiger partial charge on any atom is 0.170 e. The third-order valence-electron chi connectivity index (χ3n) is 3.30. The predicted molar refractivity (Wildman–Crippen MR) is 82.2 cm³/mol. The second-order valence-electron chi connectivity index (χ2n) is 4.82. The Kier molecular flexibility index (Phi) is 4.25. The lowest BCUT2D eigenvalue weighted by Crippen LogP contribution is -2.18. The zero-order valence-electron chi connectivity index (χ0n) is 11.7. The van der Waals surface area contributed by atoms with E-state index < -0.39 is 0 Å². The van der Waals surface area contributed by atoms with E-state index in [1.54, 1.807) is 0 Å². The van der Waals surface area contributed by atoms with Crippen LogP contribution >= 0.6 is 0 Å². The molecule has 0 saturated carbocycles. The number of rotatable bonds is 4. The topological polar surface area (TPSA) is 61.8 Å². The van der Waals surface area contributed by atoms with Gasteiger partial charge in [-0.3, -0.25) is 0 Å². The van der Waals surface area contributed by atoms with Gasteiger partial charge < -0.3 is 15.8 Å². The molecule has 0 bridgehead atoms. The smallest absolute Gasteiger partial charge is 0.170 e. The van der Waals surface area contributed by atoms with Gasteiger partial charge in [-0.05, 0) is 24.1 Å². The number of anilines is 1. The van der Waals surface area contributed by atoms with Gasteiger partial charge in [0.15, 0.2) is 5.84 Å². The normalized spacial score (nSPS) is 11.4. The summed E-state index contributed by atoms with van der Waals surface area (Å²) < 4.78 is 0. The van der Waals surface area contributed by atoms with E-state index in [4.69, 9.17) is 10.9 Å². The summed E-state index contributed by atoms with van der Waals surface area (Å²) in [6, 6.07) is 16.0. The van der Waals surface area contributed by atoms with Crippen LogP contribution in [0, 0.1) is 6.92 Å². The van der Waals surface area contributed by atoms with Gasteiger partial charge in [-0.25, -0.2) is 0 Å². The molecule has 2 rings (SSSR count). The highest BCUT2D eigenvalue weighted by Gasteiger charge is 2.05. The van der Waals surface area contributed by atoms with Crippen LogP contribution in [-0.4, -0.2) is 18.1 Å². The van der Waals surface area contributed by atoms with Crippen LogP contribution in [0.15, 0.2) is 53.7 Å². The van der Waals surface area contributed by atoms with Crippen molar-refractivity contribution in [1.29, 1.82) is 0 Å². The molecule has 0 unspecified atom stereocenters. The lowest BCUT2D eigenvalue weighted by atomic mass is 10.1. The largest absolute Gasteiger partial charge is 0.409 e. The maximum absolute atomic E-state index is 8.64. The number of amidine groups is 1. The number of aryl methyl sites for hydroxylation is 1. The lowest BCUT2D eigenvalue weighted by molar-refractivity contribution is 0.318. The Morgan fingerprint density at radius 3 is 2.40 bits per heavy atom.